The number of aromatic nitrogens is 5. The van der Waals surface area contributed by atoms with Gasteiger partial charge in [-0.25, -0.2) is 4.98 Å². The average Bonchev–Trinajstić information content (AvgIpc) is 3.07. The third kappa shape index (κ3) is 2.56. The first-order valence-corrected chi connectivity index (χ1v) is 6.26. The maximum atomic E-state index is 11.9. The molecule has 19 heavy (non-hydrogen) atoms. The van der Waals surface area contributed by atoms with Gasteiger partial charge in [-0.2, -0.15) is 0 Å². The zero-order valence-corrected chi connectivity index (χ0v) is 10.4. The van der Waals surface area contributed by atoms with E-state index < -0.39 is 0 Å². The lowest BCUT2D eigenvalue weighted by Gasteiger charge is -2.14. The summed E-state index contributed by atoms with van der Waals surface area (Å²) in [6.07, 6.45) is 6.20. The SMILES string of the molecule is O=C(NCCn1ccnn1)c1cn2c(n1)NCCC2. The van der Waals surface area contributed by atoms with E-state index in [1.54, 1.807) is 23.3 Å². The fraction of sp³-hybridized carbons (Fsp3) is 0.455. The summed E-state index contributed by atoms with van der Waals surface area (Å²) in [7, 11) is 0. The van der Waals surface area contributed by atoms with Gasteiger partial charge in [-0.1, -0.05) is 5.21 Å². The minimum atomic E-state index is -0.163. The maximum absolute atomic E-state index is 11.9. The number of carbonyl (C=O) groups excluding carboxylic acids is 1. The molecule has 3 heterocycles. The van der Waals surface area contributed by atoms with Crippen LogP contribution in [-0.2, 0) is 13.1 Å². The van der Waals surface area contributed by atoms with Gasteiger partial charge in [-0.05, 0) is 6.42 Å². The van der Waals surface area contributed by atoms with Crippen molar-refractivity contribution in [3.05, 3.63) is 24.3 Å². The fourth-order valence-corrected chi connectivity index (χ4v) is 2.01. The summed E-state index contributed by atoms with van der Waals surface area (Å²) in [4.78, 5) is 16.2. The van der Waals surface area contributed by atoms with Crippen LogP contribution in [0.2, 0.25) is 0 Å². The predicted molar refractivity (Wildman–Crippen MR) is 67.7 cm³/mol. The molecule has 1 amide bonds. The number of imidazole rings is 1. The molecule has 0 bridgehead atoms. The second-order valence-corrected chi connectivity index (χ2v) is 4.35. The van der Waals surface area contributed by atoms with Gasteiger partial charge in [0.15, 0.2) is 0 Å². The number of hydrogen-bond acceptors (Lipinski definition) is 5. The van der Waals surface area contributed by atoms with E-state index in [2.05, 4.69) is 25.9 Å². The van der Waals surface area contributed by atoms with Crippen LogP contribution in [0.25, 0.3) is 0 Å². The minimum Gasteiger partial charge on any atom is -0.356 e. The zero-order valence-electron chi connectivity index (χ0n) is 10.4. The standard InChI is InChI=1S/C11H15N7O/c19-10(12-3-6-18-7-4-14-16-18)9-8-17-5-1-2-13-11(17)15-9/h4,7-8H,1-3,5-6H2,(H,12,19)(H,13,15). The maximum Gasteiger partial charge on any atom is 0.271 e. The molecule has 3 rings (SSSR count). The minimum absolute atomic E-state index is 0.163. The van der Waals surface area contributed by atoms with E-state index >= 15 is 0 Å². The van der Waals surface area contributed by atoms with Gasteiger partial charge in [0, 0.05) is 32.0 Å². The van der Waals surface area contributed by atoms with Gasteiger partial charge in [-0.3, -0.25) is 9.48 Å². The van der Waals surface area contributed by atoms with E-state index in [1.165, 1.54) is 0 Å². The number of carbonyl (C=O) groups is 1. The number of nitrogens with zero attached hydrogens (tertiary/aromatic N) is 5. The quantitative estimate of drug-likeness (QED) is 0.790. The van der Waals surface area contributed by atoms with Crippen LogP contribution in [0, 0.1) is 0 Å². The molecule has 2 aromatic heterocycles. The van der Waals surface area contributed by atoms with Crippen LogP contribution >= 0.6 is 0 Å². The Morgan fingerprint density at radius 1 is 1.53 bits per heavy atom. The topological polar surface area (TPSA) is 89.7 Å². The number of amides is 1. The van der Waals surface area contributed by atoms with Crippen LogP contribution in [0.15, 0.2) is 18.6 Å². The van der Waals surface area contributed by atoms with Crippen molar-refractivity contribution in [3.63, 3.8) is 0 Å². The summed E-state index contributed by atoms with van der Waals surface area (Å²) < 4.78 is 3.63. The van der Waals surface area contributed by atoms with Crippen molar-refractivity contribution in [2.75, 3.05) is 18.4 Å². The average molecular weight is 261 g/mol. The summed E-state index contributed by atoms with van der Waals surface area (Å²) in [5.41, 5.74) is 0.447. The highest BCUT2D eigenvalue weighted by Crippen LogP contribution is 2.13. The Kier molecular flexibility index (Phi) is 3.13. The Hall–Kier alpha value is -2.38. The molecule has 100 valence electrons. The lowest BCUT2D eigenvalue weighted by molar-refractivity contribution is 0.0947. The Morgan fingerprint density at radius 2 is 2.47 bits per heavy atom. The van der Waals surface area contributed by atoms with E-state index in [4.69, 9.17) is 0 Å². The summed E-state index contributed by atoms with van der Waals surface area (Å²) in [5.74, 6) is 0.608. The summed E-state index contributed by atoms with van der Waals surface area (Å²) in [6, 6.07) is 0. The second kappa shape index (κ2) is 5.09. The molecule has 0 radical (unpaired) electrons. The highest BCUT2D eigenvalue weighted by Gasteiger charge is 2.15. The third-order valence-electron chi connectivity index (χ3n) is 2.97. The van der Waals surface area contributed by atoms with Crippen molar-refractivity contribution >= 4 is 11.9 Å². The van der Waals surface area contributed by atoms with E-state index in [0.29, 0.717) is 18.8 Å². The number of nitrogens with one attached hydrogen (secondary N) is 2. The van der Waals surface area contributed by atoms with Gasteiger partial charge in [0.25, 0.3) is 5.91 Å². The van der Waals surface area contributed by atoms with E-state index in [9.17, 15) is 4.79 Å². The molecule has 0 aliphatic carbocycles. The number of rotatable bonds is 4. The molecule has 0 fully saturated rings. The van der Waals surface area contributed by atoms with E-state index in [0.717, 1.165) is 25.5 Å². The van der Waals surface area contributed by atoms with Crippen LogP contribution < -0.4 is 10.6 Å². The monoisotopic (exact) mass is 261 g/mol. The molecule has 0 unspecified atom stereocenters. The van der Waals surface area contributed by atoms with Crippen LogP contribution in [0.5, 0.6) is 0 Å². The van der Waals surface area contributed by atoms with Crippen molar-refractivity contribution in [1.82, 2.24) is 29.9 Å². The van der Waals surface area contributed by atoms with Crippen LogP contribution in [0.3, 0.4) is 0 Å². The normalized spacial score (nSPS) is 13.7. The molecule has 0 saturated heterocycles. The fourth-order valence-electron chi connectivity index (χ4n) is 2.01. The smallest absolute Gasteiger partial charge is 0.271 e. The first kappa shape index (κ1) is 11.7. The van der Waals surface area contributed by atoms with Crippen molar-refractivity contribution in [2.24, 2.45) is 0 Å². The molecular weight excluding hydrogens is 246 g/mol. The van der Waals surface area contributed by atoms with Crippen molar-refractivity contribution in [2.45, 2.75) is 19.5 Å². The second-order valence-electron chi connectivity index (χ2n) is 4.35. The Morgan fingerprint density at radius 3 is 3.26 bits per heavy atom. The molecular formula is C11H15N7O. The predicted octanol–water partition coefficient (Wildman–Crippen LogP) is -0.280. The Balaban J connectivity index is 1.56. The van der Waals surface area contributed by atoms with E-state index in [1.807, 2.05) is 4.57 Å². The molecule has 2 N–H and O–H groups in total. The van der Waals surface area contributed by atoms with Crippen LogP contribution in [0.1, 0.15) is 16.9 Å². The number of hydrogen-bond donors (Lipinski definition) is 2. The molecule has 1 aliphatic heterocycles. The first-order valence-electron chi connectivity index (χ1n) is 6.26. The lowest BCUT2D eigenvalue weighted by Crippen LogP contribution is -2.27. The molecule has 0 atom stereocenters. The molecule has 8 nitrogen and oxygen atoms in total. The zero-order chi connectivity index (χ0) is 13.1. The molecule has 0 spiro atoms. The van der Waals surface area contributed by atoms with Crippen LogP contribution in [0.4, 0.5) is 5.95 Å². The molecule has 0 aromatic carbocycles. The highest BCUT2D eigenvalue weighted by atomic mass is 16.1. The van der Waals surface area contributed by atoms with Gasteiger partial charge >= 0.3 is 0 Å². The largest absolute Gasteiger partial charge is 0.356 e. The molecule has 1 aliphatic rings. The first-order chi connectivity index (χ1) is 9.33. The number of anilines is 1. The Labute approximate surface area is 109 Å². The van der Waals surface area contributed by atoms with Gasteiger partial charge in [0.1, 0.15) is 5.69 Å². The third-order valence-corrected chi connectivity index (χ3v) is 2.97. The Bertz CT molecular complexity index is 536. The summed E-state index contributed by atoms with van der Waals surface area (Å²) in [5, 5.41) is 13.5. The summed E-state index contributed by atoms with van der Waals surface area (Å²) in [6.45, 7) is 2.90. The van der Waals surface area contributed by atoms with Crippen molar-refractivity contribution < 1.29 is 4.79 Å². The van der Waals surface area contributed by atoms with E-state index in [-0.39, 0.29) is 5.91 Å². The molecule has 0 saturated carbocycles. The molecule has 2 aromatic rings. The highest BCUT2D eigenvalue weighted by molar-refractivity contribution is 5.92. The van der Waals surface area contributed by atoms with Gasteiger partial charge in [0.2, 0.25) is 5.95 Å². The molecule has 8 heteroatoms. The number of aryl methyl sites for hydroxylation is 1. The van der Waals surface area contributed by atoms with Crippen LogP contribution in [-0.4, -0.2) is 43.5 Å². The lowest BCUT2D eigenvalue weighted by atomic mass is 10.4. The number of fused-ring (bicyclic) bond motifs is 1. The van der Waals surface area contributed by atoms with Gasteiger partial charge in [-0.15, -0.1) is 5.10 Å². The van der Waals surface area contributed by atoms with Crippen molar-refractivity contribution in [1.29, 1.82) is 0 Å². The van der Waals surface area contributed by atoms with Gasteiger partial charge < -0.3 is 15.2 Å². The summed E-state index contributed by atoms with van der Waals surface area (Å²) >= 11 is 0. The van der Waals surface area contributed by atoms with Crippen molar-refractivity contribution in [3.8, 4) is 0 Å². The van der Waals surface area contributed by atoms with Gasteiger partial charge in [0.05, 0.1) is 12.7 Å².